The Morgan fingerprint density at radius 3 is 1.36 bits per heavy atom. The van der Waals surface area contributed by atoms with Crippen LogP contribution in [0.1, 0.15) is 122 Å². The Labute approximate surface area is 347 Å². The number of hydroxylamine groups is 4. The molecule has 0 aromatic carbocycles. The maximum Gasteiger partial charge on any atom is 0.324 e. The molecule has 6 heterocycles. The van der Waals surface area contributed by atoms with Gasteiger partial charge in [0, 0.05) is 65.0 Å². The predicted octanol–water partition coefficient (Wildman–Crippen LogP) is 6.46. The highest BCUT2D eigenvalue weighted by atomic mass is 16.8. The van der Waals surface area contributed by atoms with Crippen molar-refractivity contribution in [1.29, 1.82) is 0 Å². The molecule has 328 valence electrons. The fourth-order valence-corrected chi connectivity index (χ4v) is 10.9. The molecule has 0 amide bonds. The Bertz CT molecular complexity index is 1490. The van der Waals surface area contributed by atoms with E-state index in [0.717, 1.165) is 12.8 Å². The van der Waals surface area contributed by atoms with Gasteiger partial charge in [-0.05, 0) is 103 Å². The quantitative estimate of drug-likeness (QED) is 0.206. The molecule has 1 aromatic rings. The second-order valence-electron chi connectivity index (χ2n) is 20.9. The van der Waals surface area contributed by atoms with Crippen LogP contribution < -0.4 is 14.8 Å². The van der Waals surface area contributed by atoms with Crippen LogP contribution in [0.3, 0.4) is 0 Å². The summed E-state index contributed by atoms with van der Waals surface area (Å²) >= 11 is 0. The lowest BCUT2D eigenvalue weighted by Crippen LogP contribution is -2.65. The van der Waals surface area contributed by atoms with Gasteiger partial charge in [0.2, 0.25) is 5.95 Å². The summed E-state index contributed by atoms with van der Waals surface area (Å²) in [7, 11) is 2.19. The molecule has 2 spiro atoms. The monoisotopic (exact) mass is 816 g/mol. The second-order valence-corrected chi connectivity index (χ2v) is 20.9. The number of rotatable bonds is 14. The SMILES string of the molecule is C=CCON1C(C)(C)CC2(CC1(C)C)OCC(COc1nc(NC3CC(C)(C)N(C)C(C)(C)C3)nc(OCC3COC4(CC(C)(C)N(OCC=C)C(C)(C)C4)O3)n1)O2. The highest BCUT2D eigenvalue weighted by Gasteiger charge is 2.59. The summed E-state index contributed by atoms with van der Waals surface area (Å²) in [5.41, 5.74) is -1.48. The number of hydrogen-bond acceptors (Lipinski definition) is 15. The van der Waals surface area contributed by atoms with Crippen LogP contribution >= 0.6 is 0 Å². The van der Waals surface area contributed by atoms with E-state index in [0.29, 0.717) is 58.1 Å². The van der Waals surface area contributed by atoms with E-state index in [-0.39, 0.29) is 76.7 Å². The van der Waals surface area contributed by atoms with E-state index in [2.05, 4.69) is 129 Å². The number of hydrogen-bond donors (Lipinski definition) is 1. The van der Waals surface area contributed by atoms with Gasteiger partial charge >= 0.3 is 12.0 Å². The molecule has 15 nitrogen and oxygen atoms in total. The van der Waals surface area contributed by atoms with Gasteiger partial charge in [0.25, 0.3) is 0 Å². The van der Waals surface area contributed by atoms with Gasteiger partial charge in [-0.1, -0.05) is 12.2 Å². The van der Waals surface area contributed by atoms with Gasteiger partial charge in [0.05, 0.1) is 26.4 Å². The van der Waals surface area contributed by atoms with Crippen molar-refractivity contribution in [3.05, 3.63) is 25.3 Å². The first-order valence-electron chi connectivity index (χ1n) is 21.1. The van der Waals surface area contributed by atoms with Crippen LogP contribution in [0.25, 0.3) is 0 Å². The van der Waals surface area contributed by atoms with Crippen molar-refractivity contribution in [1.82, 2.24) is 30.0 Å². The fraction of sp³-hybridized carbons (Fsp3) is 0.837. The zero-order valence-corrected chi connectivity index (χ0v) is 37.7. The number of ether oxygens (including phenoxy) is 6. The van der Waals surface area contributed by atoms with Crippen LogP contribution in [0, 0.1) is 0 Å². The largest absolute Gasteiger partial charge is 0.460 e. The lowest BCUT2D eigenvalue weighted by molar-refractivity contribution is -0.334. The molecule has 5 fully saturated rings. The van der Waals surface area contributed by atoms with Crippen LogP contribution in [-0.4, -0.2) is 140 Å². The molecular formula is C43H73N7O8. The average Bonchev–Trinajstić information content (AvgIpc) is 3.65. The molecule has 2 unspecified atom stereocenters. The summed E-state index contributed by atoms with van der Waals surface area (Å²) in [6.07, 6.45) is 7.19. The van der Waals surface area contributed by atoms with E-state index in [1.165, 1.54) is 0 Å². The molecule has 5 aliphatic heterocycles. The molecule has 0 aliphatic carbocycles. The first-order valence-corrected chi connectivity index (χ1v) is 21.1. The normalized spacial score (nSPS) is 29.7. The predicted molar refractivity (Wildman–Crippen MR) is 221 cm³/mol. The van der Waals surface area contributed by atoms with Crippen LogP contribution in [0.15, 0.2) is 25.3 Å². The van der Waals surface area contributed by atoms with E-state index in [1.54, 1.807) is 12.2 Å². The number of likely N-dealkylation sites (tertiary alicyclic amines) is 1. The van der Waals surface area contributed by atoms with Gasteiger partial charge in [0.1, 0.15) is 25.4 Å². The fourth-order valence-electron chi connectivity index (χ4n) is 10.9. The summed E-state index contributed by atoms with van der Waals surface area (Å²) in [5.74, 6) is -1.15. The molecule has 15 heteroatoms. The standard InChI is InChI=1S/C43H73N7O8/c1-16-18-55-49-38(7,8)26-42(27-39(49,9)10)53-24-31(57-42)22-51-34-45-33(44-30-20-36(3,4)48(15)37(5,6)21-30)46-35(47-34)52-23-32-25-54-43(58-32)28-40(11,12)50(56-19-17-2)41(13,14)29-43/h16-17,30-32H,1-2,18-29H2,3-15H3,(H,44,45,46,47). The van der Waals surface area contributed by atoms with Crippen molar-refractivity contribution in [2.45, 2.75) is 185 Å². The third kappa shape index (κ3) is 9.68. The minimum atomic E-state index is -0.775. The highest BCUT2D eigenvalue weighted by Crippen LogP contribution is 2.50. The van der Waals surface area contributed by atoms with E-state index in [1.807, 2.05) is 0 Å². The maximum absolute atomic E-state index is 6.68. The van der Waals surface area contributed by atoms with Crippen molar-refractivity contribution in [3.8, 4) is 12.0 Å². The Kier molecular flexibility index (Phi) is 12.5. The molecule has 0 bridgehead atoms. The first kappa shape index (κ1) is 45.1. The summed E-state index contributed by atoms with van der Waals surface area (Å²) in [6.45, 7) is 35.9. The van der Waals surface area contributed by atoms with Crippen molar-refractivity contribution in [2.24, 2.45) is 0 Å². The van der Waals surface area contributed by atoms with E-state index >= 15 is 0 Å². The zero-order chi connectivity index (χ0) is 42.6. The lowest BCUT2D eigenvalue weighted by atomic mass is 9.77. The molecule has 0 radical (unpaired) electrons. The summed E-state index contributed by atoms with van der Waals surface area (Å²) in [6, 6.07) is 0.405. The summed E-state index contributed by atoms with van der Waals surface area (Å²) in [4.78, 5) is 28.8. The average molecular weight is 816 g/mol. The van der Waals surface area contributed by atoms with Gasteiger partial charge in [-0.3, -0.25) is 14.6 Å². The lowest BCUT2D eigenvalue weighted by Gasteiger charge is -2.56. The van der Waals surface area contributed by atoms with Crippen molar-refractivity contribution in [3.63, 3.8) is 0 Å². The van der Waals surface area contributed by atoms with Gasteiger partial charge in [-0.15, -0.1) is 18.1 Å². The van der Waals surface area contributed by atoms with Crippen molar-refractivity contribution >= 4 is 5.95 Å². The van der Waals surface area contributed by atoms with Gasteiger partial charge < -0.3 is 33.7 Å². The Morgan fingerprint density at radius 1 is 0.621 bits per heavy atom. The summed E-state index contributed by atoms with van der Waals surface area (Å²) in [5, 5.41) is 7.73. The highest BCUT2D eigenvalue weighted by molar-refractivity contribution is 5.30. The van der Waals surface area contributed by atoms with Gasteiger partial charge in [-0.25, -0.2) is 0 Å². The number of piperidine rings is 3. The number of anilines is 1. The molecular weight excluding hydrogens is 743 g/mol. The molecule has 6 rings (SSSR count). The minimum absolute atomic E-state index is 0.0369. The van der Waals surface area contributed by atoms with Gasteiger partial charge in [-0.2, -0.15) is 20.1 Å². The topological polar surface area (TPSA) is 134 Å². The molecule has 58 heavy (non-hydrogen) atoms. The van der Waals surface area contributed by atoms with E-state index < -0.39 is 11.6 Å². The first-order chi connectivity index (χ1) is 26.8. The van der Waals surface area contributed by atoms with E-state index in [4.69, 9.17) is 48.1 Å². The van der Waals surface area contributed by atoms with Crippen LogP contribution in [0.2, 0.25) is 0 Å². The Hall–Kier alpha value is -2.47. The molecule has 2 atom stereocenters. The molecule has 5 saturated heterocycles. The zero-order valence-electron chi connectivity index (χ0n) is 37.7. The second kappa shape index (κ2) is 16.1. The minimum Gasteiger partial charge on any atom is -0.460 e. The third-order valence-electron chi connectivity index (χ3n) is 12.5. The van der Waals surface area contributed by atoms with E-state index in [9.17, 15) is 0 Å². The molecule has 5 aliphatic rings. The number of aromatic nitrogens is 3. The molecule has 1 N–H and O–H groups in total. The van der Waals surface area contributed by atoms with Gasteiger partial charge in [0.15, 0.2) is 11.6 Å². The van der Waals surface area contributed by atoms with Crippen LogP contribution in [0.4, 0.5) is 5.95 Å². The van der Waals surface area contributed by atoms with Crippen LogP contribution in [-0.2, 0) is 28.6 Å². The van der Waals surface area contributed by atoms with Crippen molar-refractivity contribution in [2.75, 3.05) is 52.0 Å². The Morgan fingerprint density at radius 2 is 1.00 bits per heavy atom. The summed E-state index contributed by atoms with van der Waals surface area (Å²) < 4.78 is 38.9. The third-order valence-corrected chi connectivity index (χ3v) is 12.5. The van der Waals surface area contributed by atoms with Crippen molar-refractivity contribution < 1.29 is 38.1 Å². The Balaban J connectivity index is 1.15. The van der Waals surface area contributed by atoms with Crippen LogP contribution in [0.5, 0.6) is 12.0 Å². The number of nitrogens with zero attached hydrogens (tertiary/aromatic N) is 6. The molecule has 0 saturated carbocycles. The smallest absolute Gasteiger partial charge is 0.324 e. The molecule has 1 aromatic heterocycles. The number of nitrogens with one attached hydrogen (secondary N) is 1. The maximum atomic E-state index is 6.68.